The SMILES string of the molecule is O=C(O)/C=C/c1ccc(S(=O)(=O)Nc2cc(-c3nnc4n3CCCCC4)c(F)cc2F)cc1. The molecule has 2 N–H and O–H groups in total. The molecule has 0 bridgehead atoms. The van der Waals surface area contributed by atoms with Gasteiger partial charge < -0.3 is 9.67 Å². The van der Waals surface area contributed by atoms with Crippen LogP contribution < -0.4 is 4.72 Å². The third-order valence-electron chi connectivity index (χ3n) is 5.26. The van der Waals surface area contributed by atoms with Crippen LogP contribution in [0.4, 0.5) is 14.5 Å². The van der Waals surface area contributed by atoms with Crippen molar-refractivity contribution < 1.29 is 27.1 Å². The van der Waals surface area contributed by atoms with E-state index in [2.05, 4.69) is 14.9 Å². The van der Waals surface area contributed by atoms with E-state index < -0.39 is 33.3 Å². The third kappa shape index (κ3) is 4.92. The highest BCUT2D eigenvalue weighted by Gasteiger charge is 2.23. The van der Waals surface area contributed by atoms with Gasteiger partial charge in [-0.2, -0.15) is 0 Å². The minimum atomic E-state index is -4.20. The van der Waals surface area contributed by atoms with Crippen molar-refractivity contribution in [1.29, 1.82) is 0 Å². The molecule has 0 aliphatic carbocycles. The number of hydrogen-bond donors (Lipinski definition) is 2. The third-order valence-corrected chi connectivity index (χ3v) is 6.64. The predicted molar refractivity (Wildman–Crippen MR) is 117 cm³/mol. The molecule has 172 valence electrons. The molecule has 1 aliphatic rings. The van der Waals surface area contributed by atoms with Crippen LogP contribution in [0.15, 0.2) is 47.4 Å². The summed E-state index contributed by atoms with van der Waals surface area (Å²) in [6, 6.07) is 7.02. The van der Waals surface area contributed by atoms with Crippen molar-refractivity contribution in [2.45, 2.75) is 37.1 Å². The number of benzene rings is 2. The number of rotatable bonds is 6. The summed E-state index contributed by atoms with van der Waals surface area (Å²) in [7, 11) is -4.20. The average molecular weight is 474 g/mol. The van der Waals surface area contributed by atoms with Crippen molar-refractivity contribution in [3.05, 3.63) is 65.5 Å². The van der Waals surface area contributed by atoms with Crippen LogP contribution in [-0.2, 0) is 27.8 Å². The lowest BCUT2D eigenvalue weighted by Crippen LogP contribution is -2.14. The Morgan fingerprint density at radius 2 is 1.82 bits per heavy atom. The van der Waals surface area contributed by atoms with Gasteiger partial charge >= 0.3 is 5.97 Å². The van der Waals surface area contributed by atoms with Gasteiger partial charge in [0, 0.05) is 25.1 Å². The fourth-order valence-corrected chi connectivity index (χ4v) is 4.67. The molecule has 0 amide bonds. The molecule has 11 heteroatoms. The largest absolute Gasteiger partial charge is 0.478 e. The molecule has 0 unspecified atom stereocenters. The van der Waals surface area contributed by atoms with Gasteiger partial charge in [-0.05, 0) is 42.7 Å². The lowest BCUT2D eigenvalue weighted by Gasteiger charge is -2.13. The van der Waals surface area contributed by atoms with E-state index >= 15 is 0 Å². The van der Waals surface area contributed by atoms with Crippen LogP contribution in [0, 0.1) is 11.6 Å². The zero-order valence-electron chi connectivity index (χ0n) is 17.3. The first-order valence-electron chi connectivity index (χ1n) is 10.2. The van der Waals surface area contributed by atoms with Crippen molar-refractivity contribution in [3.8, 4) is 11.4 Å². The zero-order valence-corrected chi connectivity index (χ0v) is 18.1. The first kappa shape index (κ1) is 22.6. The fraction of sp³-hybridized carbons (Fsp3) is 0.227. The Balaban J connectivity index is 1.65. The number of carboxylic acids is 1. The maximum atomic E-state index is 14.6. The maximum absolute atomic E-state index is 14.6. The van der Waals surface area contributed by atoms with E-state index in [-0.39, 0.29) is 16.3 Å². The maximum Gasteiger partial charge on any atom is 0.328 e. The van der Waals surface area contributed by atoms with Crippen LogP contribution in [0.3, 0.4) is 0 Å². The van der Waals surface area contributed by atoms with Crippen LogP contribution in [0.25, 0.3) is 17.5 Å². The molecular weight excluding hydrogens is 454 g/mol. The van der Waals surface area contributed by atoms with Gasteiger partial charge in [-0.25, -0.2) is 22.0 Å². The number of fused-ring (bicyclic) bond motifs is 1. The predicted octanol–water partition coefficient (Wildman–Crippen LogP) is 3.85. The van der Waals surface area contributed by atoms with Crippen molar-refractivity contribution in [2.75, 3.05) is 4.72 Å². The van der Waals surface area contributed by atoms with Crippen molar-refractivity contribution in [2.24, 2.45) is 0 Å². The van der Waals surface area contributed by atoms with Crippen LogP contribution in [0.1, 0.15) is 30.7 Å². The van der Waals surface area contributed by atoms with E-state index in [1.807, 2.05) is 0 Å². The molecular formula is C22H20F2N4O4S. The van der Waals surface area contributed by atoms with Gasteiger partial charge in [-0.1, -0.05) is 18.6 Å². The molecule has 4 rings (SSSR count). The van der Waals surface area contributed by atoms with E-state index in [0.717, 1.165) is 31.4 Å². The summed E-state index contributed by atoms with van der Waals surface area (Å²) in [5.74, 6) is -2.15. The van der Waals surface area contributed by atoms with Crippen molar-refractivity contribution >= 4 is 27.8 Å². The summed E-state index contributed by atoms with van der Waals surface area (Å²) in [5.41, 5.74) is -0.00442. The van der Waals surface area contributed by atoms with E-state index in [1.54, 1.807) is 4.57 Å². The standard InChI is InChI=1S/C22H20F2N4O4S/c23-17-13-18(24)19(12-16(17)22-26-25-20-4-2-1-3-11-28(20)22)27-33(31,32)15-8-5-14(6-9-15)7-10-21(29)30/h5-10,12-13,27H,1-4,11H2,(H,29,30)/b10-7+. The summed E-state index contributed by atoms with van der Waals surface area (Å²) in [5, 5.41) is 16.8. The minimum Gasteiger partial charge on any atom is -0.478 e. The monoisotopic (exact) mass is 474 g/mol. The summed E-state index contributed by atoms with van der Waals surface area (Å²) < 4.78 is 58.6. The number of carboxylic acid groups (broad SMARTS) is 1. The van der Waals surface area contributed by atoms with Crippen molar-refractivity contribution in [1.82, 2.24) is 14.8 Å². The van der Waals surface area contributed by atoms with Gasteiger partial charge in [0.25, 0.3) is 10.0 Å². The average Bonchev–Trinajstić information content (AvgIpc) is 3.01. The molecule has 1 aliphatic heterocycles. The molecule has 1 aromatic heterocycles. The van der Waals surface area contributed by atoms with Gasteiger partial charge in [0.2, 0.25) is 0 Å². The van der Waals surface area contributed by atoms with E-state index in [9.17, 15) is 22.0 Å². The van der Waals surface area contributed by atoms with Crippen LogP contribution in [-0.4, -0.2) is 34.3 Å². The van der Waals surface area contributed by atoms with E-state index in [4.69, 9.17) is 5.11 Å². The Hall–Kier alpha value is -3.60. The van der Waals surface area contributed by atoms with E-state index in [1.165, 1.54) is 30.3 Å². The summed E-state index contributed by atoms with van der Waals surface area (Å²) in [6.45, 7) is 0.595. The second kappa shape index (κ2) is 9.10. The second-order valence-electron chi connectivity index (χ2n) is 7.56. The Bertz CT molecular complexity index is 1340. The minimum absolute atomic E-state index is 0.0519. The molecule has 0 radical (unpaired) electrons. The quantitative estimate of drug-likeness (QED) is 0.525. The number of sulfonamides is 1. The molecule has 0 spiro atoms. The summed E-state index contributed by atoms with van der Waals surface area (Å²) >= 11 is 0. The number of aromatic nitrogens is 3. The smallest absolute Gasteiger partial charge is 0.328 e. The molecule has 0 fully saturated rings. The van der Waals surface area contributed by atoms with Gasteiger partial charge in [0.05, 0.1) is 16.1 Å². The van der Waals surface area contributed by atoms with Crippen LogP contribution in [0.5, 0.6) is 0 Å². The Kier molecular flexibility index (Phi) is 6.23. The highest BCUT2D eigenvalue weighted by Crippen LogP contribution is 2.30. The van der Waals surface area contributed by atoms with E-state index in [0.29, 0.717) is 30.4 Å². The number of nitrogens with zero attached hydrogens (tertiary/aromatic N) is 3. The van der Waals surface area contributed by atoms with Gasteiger partial charge in [0.15, 0.2) is 5.82 Å². The Labute approximate surface area is 188 Å². The van der Waals surface area contributed by atoms with Gasteiger partial charge in [0.1, 0.15) is 17.5 Å². The normalized spacial score (nSPS) is 14.1. The topological polar surface area (TPSA) is 114 Å². The molecule has 0 saturated heterocycles. The number of aliphatic carboxylic acids is 1. The van der Waals surface area contributed by atoms with Gasteiger partial charge in [-0.15, -0.1) is 10.2 Å². The fourth-order valence-electron chi connectivity index (χ4n) is 3.61. The summed E-state index contributed by atoms with van der Waals surface area (Å²) in [6.07, 6.45) is 5.75. The molecule has 33 heavy (non-hydrogen) atoms. The van der Waals surface area contributed by atoms with Gasteiger partial charge in [-0.3, -0.25) is 4.72 Å². The molecule has 0 saturated carbocycles. The lowest BCUT2D eigenvalue weighted by atomic mass is 10.1. The molecule has 2 heterocycles. The summed E-state index contributed by atoms with van der Waals surface area (Å²) in [4.78, 5) is 10.4. The number of nitrogens with one attached hydrogen (secondary N) is 1. The highest BCUT2D eigenvalue weighted by atomic mass is 32.2. The molecule has 2 aromatic carbocycles. The number of hydrogen-bond acceptors (Lipinski definition) is 5. The first-order chi connectivity index (χ1) is 15.7. The van der Waals surface area contributed by atoms with Crippen LogP contribution >= 0.6 is 0 Å². The number of carbonyl (C=O) groups is 1. The molecule has 3 aromatic rings. The zero-order chi connectivity index (χ0) is 23.6. The molecule has 0 atom stereocenters. The Morgan fingerprint density at radius 3 is 2.55 bits per heavy atom. The number of anilines is 1. The number of halogens is 2. The number of aryl methyl sites for hydroxylation is 1. The second-order valence-corrected chi connectivity index (χ2v) is 9.24. The first-order valence-corrected chi connectivity index (χ1v) is 11.7. The van der Waals surface area contributed by atoms with Crippen LogP contribution in [0.2, 0.25) is 0 Å². The lowest BCUT2D eigenvalue weighted by molar-refractivity contribution is -0.131. The van der Waals surface area contributed by atoms with Crippen molar-refractivity contribution in [3.63, 3.8) is 0 Å². The highest BCUT2D eigenvalue weighted by molar-refractivity contribution is 7.92. The Morgan fingerprint density at radius 1 is 1.06 bits per heavy atom. The molecule has 8 nitrogen and oxygen atoms in total.